The van der Waals surface area contributed by atoms with Gasteiger partial charge in [0.1, 0.15) is 11.2 Å². The van der Waals surface area contributed by atoms with E-state index in [4.69, 9.17) is 0 Å². The average Bonchev–Trinajstić information content (AvgIpc) is 2.75. The zero-order valence-corrected chi connectivity index (χ0v) is 8.46. The van der Waals surface area contributed by atoms with E-state index < -0.39 is 11.2 Å². The summed E-state index contributed by atoms with van der Waals surface area (Å²) in [5, 5.41) is 20.2. The third-order valence-electron chi connectivity index (χ3n) is 3.71. The highest BCUT2D eigenvalue weighted by molar-refractivity contribution is 5.94. The number of rotatable bonds is 2. The highest BCUT2D eigenvalue weighted by atomic mass is 16.3. The van der Waals surface area contributed by atoms with Crippen molar-refractivity contribution in [3.8, 4) is 0 Å². The van der Waals surface area contributed by atoms with E-state index >= 15 is 0 Å². The lowest BCUT2D eigenvalue weighted by molar-refractivity contribution is -0.156. The van der Waals surface area contributed by atoms with Crippen molar-refractivity contribution in [1.82, 2.24) is 0 Å². The number of carbonyl (C=O) groups is 1. The summed E-state index contributed by atoms with van der Waals surface area (Å²) < 4.78 is 0. The Labute approximate surface area is 84.1 Å². The Morgan fingerprint density at radius 1 is 0.786 bits per heavy atom. The van der Waals surface area contributed by atoms with Crippen LogP contribution in [0.15, 0.2) is 0 Å². The van der Waals surface area contributed by atoms with Crippen molar-refractivity contribution >= 4 is 5.78 Å². The summed E-state index contributed by atoms with van der Waals surface area (Å²) in [4.78, 5) is 12.0. The Morgan fingerprint density at radius 2 is 1.07 bits per heavy atom. The van der Waals surface area contributed by atoms with E-state index in [0.717, 1.165) is 25.7 Å². The summed E-state index contributed by atoms with van der Waals surface area (Å²) in [7, 11) is 0. The van der Waals surface area contributed by atoms with Gasteiger partial charge in [0.05, 0.1) is 0 Å². The molecule has 0 aromatic carbocycles. The molecule has 2 aliphatic rings. The maximum absolute atomic E-state index is 12.0. The zero-order chi connectivity index (χ0) is 10.2. The second kappa shape index (κ2) is 3.31. The van der Waals surface area contributed by atoms with Crippen LogP contribution >= 0.6 is 0 Å². The molecule has 0 saturated heterocycles. The predicted octanol–water partition coefficient (Wildman–Crippen LogP) is 1.17. The predicted molar refractivity (Wildman–Crippen MR) is 51.8 cm³/mol. The van der Waals surface area contributed by atoms with Gasteiger partial charge in [-0.2, -0.15) is 0 Å². The topological polar surface area (TPSA) is 57.5 Å². The van der Waals surface area contributed by atoms with Gasteiger partial charge in [-0.15, -0.1) is 0 Å². The van der Waals surface area contributed by atoms with E-state index in [1.807, 2.05) is 0 Å². The SMILES string of the molecule is O=C(C1(O)CCCC1)C1(O)CCCC1. The smallest absolute Gasteiger partial charge is 0.195 e. The molecule has 2 fully saturated rings. The van der Waals surface area contributed by atoms with Gasteiger partial charge in [-0.3, -0.25) is 4.79 Å². The Morgan fingerprint density at radius 3 is 1.36 bits per heavy atom. The van der Waals surface area contributed by atoms with Crippen LogP contribution in [0.2, 0.25) is 0 Å². The molecule has 0 aromatic heterocycles. The molecular weight excluding hydrogens is 180 g/mol. The molecule has 0 spiro atoms. The molecule has 0 radical (unpaired) electrons. The summed E-state index contributed by atoms with van der Waals surface area (Å²) in [5.74, 6) is -0.306. The molecule has 2 rings (SSSR count). The molecule has 0 amide bonds. The van der Waals surface area contributed by atoms with Crippen LogP contribution in [-0.4, -0.2) is 27.2 Å². The first kappa shape index (κ1) is 10.1. The third kappa shape index (κ3) is 1.48. The standard InChI is InChI=1S/C11H18O3/c12-9(10(13)5-1-2-6-10)11(14)7-3-4-8-11/h13-14H,1-8H2. The number of hydrogen-bond donors (Lipinski definition) is 2. The molecule has 0 aliphatic heterocycles. The van der Waals surface area contributed by atoms with Crippen molar-refractivity contribution in [2.45, 2.75) is 62.6 Å². The summed E-state index contributed by atoms with van der Waals surface area (Å²) in [6, 6.07) is 0. The molecule has 2 saturated carbocycles. The van der Waals surface area contributed by atoms with Gasteiger partial charge in [0.2, 0.25) is 0 Å². The molecule has 2 aliphatic carbocycles. The van der Waals surface area contributed by atoms with Gasteiger partial charge in [-0.1, -0.05) is 0 Å². The lowest BCUT2D eigenvalue weighted by atomic mass is 9.83. The lowest BCUT2D eigenvalue weighted by Gasteiger charge is -2.30. The monoisotopic (exact) mass is 198 g/mol. The van der Waals surface area contributed by atoms with Crippen molar-refractivity contribution in [2.75, 3.05) is 0 Å². The first-order valence-electron chi connectivity index (χ1n) is 5.57. The fraction of sp³-hybridized carbons (Fsp3) is 0.909. The summed E-state index contributed by atoms with van der Waals surface area (Å²) >= 11 is 0. The molecule has 0 aromatic rings. The fourth-order valence-corrected chi connectivity index (χ4v) is 2.81. The minimum Gasteiger partial charge on any atom is -0.382 e. The van der Waals surface area contributed by atoms with Gasteiger partial charge < -0.3 is 10.2 Å². The van der Waals surface area contributed by atoms with E-state index in [2.05, 4.69) is 0 Å². The molecule has 0 heterocycles. The molecule has 0 bridgehead atoms. The molecule has 80 valence electrons. The van der Waals surface area contributed by atoms with Crippen molar-refractivity contribution in [2.24, 2.45) is 0 Å². The summed E-state index contributed by atoms with van der Waals surface area (Å²) in [6.45, 7) is 0. The molecule has 3 heteroatoms. The number of ketones is 1. The number of aliphatic hydroxyl groups is 2. The van der Waals surface area contributed by atoms with E-state index in [1.54, 1.807) is 0 Å². The Bertz CT molecular complexity index is 211. The normalized spacial score (nSPS) is 29.3. The van der Waals surface area contributed by atoms with Gasteiger partial charge >= 0.3 is 0 Å². The van der Waals surface area contributed by atoms with Crippen molar-refractivity contribution in [3.63, 3.8) is 0 Å². The quantitative estimate of drug-likeness (QED) is 0.700. The zero-order valence-electron chi connectivity index (χ0n) is 8.46. The molecule has 3 nitrogen and oxygen atoms in total. The highest BCUT2D eigenvalue weighted by Gasteiger charge is 2.50. The molecule has 14 heavy (non-hydrogen) atoms. The van der Waals surface area contributed by atoms with Crippen LogP contribution in [0.25, 0.3) is 0 Å². The first-order valence-corrected chi connectivity index (χ1v) is 5.57. The number of Topliss-reactive ketones (excluding diaryl/α,β-unsaturated/α-hetero) is 1. The minimum absolute atomic E-state index is 0.306. The van der Waals surface area contributed by atoms with E-state index in [-0.39, 0.29) is 5.78 Å². The van der Waals surface area contributed by atoms with Crippen LogP contribution in [0.4, 0.5) is 0 Å². The third-order valence-corrected chi connectivity index (χ3v) is 3.71. The maximum Gasteiger partial charge on any atom is 0.195 e. The largest absolute Gasteiger partial charge is 0.382 e. The minimum atomic E-state index is -1.21. The van der Waals surface area contributed by atoms with Gasteiger partial charge in [0, 0.05) is 0 Å². The molecular formula is C11H18O3. The first-order chi connectivity index (χ1) is 6.57. The van der Waals surface area contributed by atoms with Gasteiger partial charge in [-0.05, 0) is 51.4 Å². The molecule has 0 atom stereocenters. The second-order valence-corrected chi connectivity index (χ2v) is 4.81. The number of hydrogen-bond acceptors (Lipinski definition) is 3. The van der Waals surface area contributed by atoms with E-state index in [9.17, 15) is 15.0 Å². The maximum atomic E-state index is 12.0. The number of carbonyl (C=O) groups excluding carboxylic acids is 1. The summed E-state index contributed by atoms with van der Waals surface area (Å²) in [5.41, 5.74) is -2.42. The average molecular weight is 198 g/mol. The van der Waals surface area contributed by atoms with E-state index in [0.29, 0.717) is 25.7 Å². The Kier molecular flexibility index (Phi) is 2.40. The Balaban J connectivity index is 2.13. The summed E-state index contributed by atoms with van der Waals surface area (Å²) in [6.07, 6.45) is 5.75. The highest BCUT2D eigenvalue weighted by Crippen LogP contribution is 2.39. The van der Waals surface area contributed by atoms with Gasteiger partial charge in [0.15, 0.2) is 5.78 Å². The van der Waals surface area contributed by atoms with Gasteiger partial charge in [0.25, 0.3) is 0 Å². The fourth-order valence-electron chi connectivity index (χ4n) is 2.81. The van der Waals surface area contributed by atoms with Crippen LogP contribution in [0.3, 0.4) is 0 Å². The van der Waals surface area contributed by atoms with Crippen LogP contribution in [0.1, 0.15) is 51.4 Å². The van der Waals surface area contributed by atoms with Gasteiger partial charge in [-0.25, -0.2) is 0 Å². The van der Waals surface area contributed by atoms with Crippen molar-refractivity contribution in [1.29, 1.82) is 0 Å². The van der Waals surface area contributed by atoms with Crippen LogP contribution in [-0.2, 0) is 4.79 Å². The molecule has 2 N–H and O–H groups in total. The Hall–Kier alpha value is -0.410. The molecule has 0 unspecified atom stereocenters. The van der Waals surface area contributed by atoms with E-state index in [1.165, 1.54) is 0 Å². The van der Waals surface area contributed by atoms with Crippen LogP contribution in [0, 0.1) is 0 Å². The van der Waals surface area contributed by atoms with Crippen molar-refractivity contribution in [3.05, 3.63) is 0 Å². The van der Waals surface area contributed by atoms with Crippen LogP contribution < -0.4 is 0 Å². The second-order valence-electron chi connectivity index (χ2n) is 4.81. The lowest BCUT2D eigenvalue weighted by Crippen LogP contribution is -2.50. The van der Waals surface area contributed by atoms with Crippen molar-refractivity contribution < 1.29 is 15.0 Å². The van der Waals surface area contributed by atoms with Crippen LogP contribution in [0.5, 0.6) is 0 Å².